The lowest BCUT2D eigenvalue weighted by Gasteiger charge is -2.21. The third kappa shape index (κ3) is 41.5. The Kier molecular flexibility index (Phi) is 50.9. The second-order valence-corrected chi connectivity index (χ2v) is 31.4. The number of hydrogen-bond donors (Lipinski definition) is 3. The monoisotopic (exact) mass is 1920 g/mol. The molecule has 4 amide bonds. The molecule has 4 aromatic heterocycles. The summed E-state index contributed by atoms with van der Waals surface area (Å²) in [4.78, 5) is 79.4. The molecule has 1 fully saturated rings. The van der Waals surface area contributed by atoms with Crippen LogP contribution in [0.4, 0.5) is 0 Å². The van der Waals surface area contributed by atoms with E-state index >= 15 is 0 Å². The summed E-state index contributed by atoms with van der Waals surface area (Å²) in [5.41, 5.74) is 18.3. The predicted octanol–water partition coefficient (Wildman–Crippen LogP) is 17.9. The number of carbonyl (C=O) groups excluding carboxylic acids is 7. The van der Waals surface area contributed by atoms with Crippen molar-refractivity contribution in [3.63, 3.8) is 0 Å². The third-order valence-electron chi connectivity index (χ3n) is 19.2. The van der Waals surface area contributed by atoms with Crippen molar-refractivity contribution in [1.82, 2.24) is 84.9 Å². The van der Waals surface area contributed by atoms with E-state index in [9.17, 15) is 29.1 Å². The maximum absolute atomic E-state index is 12.4. The van der Waals surface area contributed by atoms with Gasteiger partial charge in [0.25, 0.3) is 0 Å². The molecule has 686 valence electrons. The van der Waals surface area contributed by atoms with E-state index in [4.69, 9.17) is 26.3 Å². The van der Waals surface area contributed by atoms with Crippen molar-refractivity contribution in [2.75, 3.05) is 35.2 Å². The van der Waals surface area contributed by atoms with Gasteiger partial charge in [0.15, 0.2) is 0 Å². The zero-order chi connectivity index (χ0) is 95.3. The van der Waals surface area contributed by atoms with Gasteiger partial charge in [-0.25, -0.2) is 14.0 Å². The van der Waals surface area contributed by atoms with Crippen molar-refractivity contribution < 1.29 is 43.8 Å². The second kappa shape index (κ2) is 60.8. The standard InChI is InChI=1S/C21H22N4O.C20H20N4O2.2C11H13NO.C10H10IN3.C10H11N3.C8H11N.C7H14O.C3H3ClO.CO2.ClH/c1-16-9-11-18(12-10-16)21-19(25(3)23-22-21)13-14-20(26)24(2)15-17-7-5-4-6-8-17;1-23(14-15-6-4-3-5-7-15)19(26)13-12-18-20(21-22-24(18)2)16-8-10-17(25)11-9-16;2*1-3-11(13)12(2)9-10-7-5-4-6-8-10;1-7-3-5-8(6-4-7)9-10(11)14(2)13-12-9;1-8-3-5-9(6-4-8)10-7-13(2)12-11-10;1-9-7-8-5-3-2-4-6-8;1-6-3-2-4-7(8)5-6;1-2-3(4)5;2-1-3;/h4-14H,15H2,1-3H3;3-13,25H,14H2,1-2H3;2*3-8H,1,9H2,2H3;3-6H,1-2H3;3-7H,1-2H3;2-6,9H,7H2,1H3;6-8H,2-5H2,1H3;2H,1H2;;1H/b14-13+;13-12+;;;;;;;;;/t;;;;;;;6-,7+;;;/m.......0.../s1. The van der Waals surface area contributed by atoms with E-state index < -0.39 is 5.24 Å². The van der Waals surface area contributed by atoms with Crippen molar-refractivity contribution >= 4 is 93.8 Å². The summed E-state index contributed by atoms with van der Waals surface area (Å²) < 4.78 is 7.83. The summed E-state index contributed by atoms with van der Waals surface area (Å²) in [5, 5.41) is 53.6. The van der Waals surface area contributed by atoms with Crippen molar-refractivity contribution in [3.8, 4) is 50.8 Å². The molecular formula is C102H118Cl2IN17O9. The molecule has 26 nitrogen and oxygen atoms in total. The highest BCUT2D eigenvalue weighted by molar-refractivity contribution is 14.1. The van der Waals surface area contributed by atoms with Crippen molar-refractivity contribution in [2.45, 2.75) is 92.2 Å². The minimum absolute atomic E-state index is 0. The zero-order valence-electron chi connectivity index (χ0n) is 76.5. The number of aliphatic hydroxyl groups excluding tert-OH is 1. The van der Waals surface area contributed by atoms with Crippen LogP contribution < -0.4 is 5.32 Å². The first kappa shape index (κ1) is 110. The van der Waals surface area contributed by atoms with Gasteiger partial charge in [0.2, 0.25) is 28.9 Å². The minimum Gasteiger partial charge on any atom is -0.508 e. The smallest absolute Gasteiger partial charge is 0.373 e. The fourth-order valence-electron chi connectivity index (χ4n) is 12.1. The largest absolute Gasteiger partial charge is 0.508 e. The van der Waals surface area contributed by atoms with E-state index in [-0.39, 0.29) is 54.0 Å². The molecule has 131 heavy (non-hydrogen) atoms. The molecule has 1 saturated carbocycles. The van der Waals surface area contributed by atoms with Crippen LogP contribution in [0.5, 0.6) is 5.75 Å². The van der Waals surface area contributed by atoms with Gasteiger partial charge in [-0.1, -0.05) is 302 Å². The number of nitrogens with one attached hydrogen (secondary N) is 1. The summed E-state index contributed by atoms with van der Waals surface area (Å²) in [6.07, 6.45) is 17.0. The number of aromatic nitrogens is 12. The SMILES string of the molecule is C=CC(=O)Cl.C=CC(=O)N(C)Cc1ccccc1.C=CC(=O)N(C)Cc1ccccc1.CN(Cc1ccccc1)C(=O)/C=C/c1c(-c2ccc(O)cc2)nnn1C.CNCc1ccccc1.C[C@H]1CCC[C@@H](O)C1.Cc1ccc(-c2cn(C)nn2)cc1.Cc1ccc(-c2nnn(C)c2/C=C/C(=O)N(C)Cc2ccccc2)cc1.Cc1ccc(-c2nnn(C)c2I)cc1.Cl.O=C=O. The summed E-state index contributed by atoms with van der Waals surface area (Å²) in [5.74, 6) is 0.676. The number of phenols is 1. The average molecular weight is 1920 g/mol. The minimum atomic E-state index is -0.509. The van der Waals surface area contributed by atoms with Gasteiger partial charge in [-0.3, -0.25) is 28.7 Å². The molecule has 0 saturated heterocycles. The summed E-state index contributed by atoms with van der Waals surface area (Å²) in [6.45, 7) is 21.7. The molecule has 0 bridgehead atoms. The lowest BCUT2D eigenvalue weighted by molar-refractivity contribution is -0.191. The van der Waals surface area contributed by atoms with Crippen LogP contribution in [-0.2, 0) is 94.5 Å². The van der Waals surface area contributed by atoms with Crippen LogP contribution in [-0.4, -0.2) is 166 Å². The molecule has 29 heteroatoms. The number of rotatable bonds is 21. The zero-order valence-corrected chi connectivity index (χ0v) is 80.2. The summed E-state index contributed by atoms with van der Waals surface area (Å²) in [7, 11) is 16.4. The van der Waals surface area contributed by atoms with Gasteiger partial charge in [0.05, 0.1) is 23.7 Å². The van der Waals surface area contributed by atoms with E-state index in [1.807, 2.05) is 205 Å². The molecule has 4 heterocycles. The van der Waals surface area contributed by atoms with Crippen LogP contribution in [0.2, 0.25) is 0 Å². The van der Waals surface area contributed by atoms with Gasteiger partial charge in [0.1, 0.15) is 32.2 Å². The molecule has 0 radical (unpaired) electrons. The molecule has 0 aliphatic heterocycles. The Morgan fingerprint density at radius 1 is 0.466 bits per heavy atom. The fraction of sp³-hybridized carbons (Fsp3) is 0.235. The van der Waals surface area contributed by atoms with E-state index in [2.05, 4.69) is 170 Å². The molecule has 1 aliphatic carbocycles. The Labute approximate surface area is 794 Å². The number of nitrogens with zero attached hydrogens (tertiary/aromatic N) is 16. The third-order valence-corrected chi connectivity index (χ3v) is 20.6. The number of halogens is 3. The Hall–Kier alpha value is -13.8. The number of allylic oxidation sites excluding steroid dienone is 1. The van der Waals surface area contributed by atoms with Crippen molar-refractivity contribution in [2.24, 2.45) is 34.1 Å². The van der Waals surface area contributed by atoms with Gasteiger partial charge in [-0.15, -0.1) is 32.8 Å². The Bertz CT molecular complexity index is 5430. The molecule has 9 aromatic carbocycles. The lowest BCUT2D eigenvalue weighted by Crippen LogP contribution is -2.24. The number of aromatic hydroxyl groups is 1. The van der Waals surface area contributed by atoms with E-state index in [0.29, 0.717) is 31.9 Å². The molecule has 0 spiro atoms. The number of aryl methyl sites for hydroxylation is 7. The molecule has 1 aliphatic rings. The number of phenolic OH excluding ortho intramolecular Hbond substituents is 1. The summed E-state index contributed by atoms with van der Waals surface area (Å²) >= 11 is 6.96. The second-order valence-electron chi connectivity index (χ2n) is 30.0. The maximum atomic E-state index is 12.4. The highest BCUT2D eigenvalue weighted by Crippen LogP contribution is 2.27. The number of likely N-dealkylation sites (N-methyl/N-ethyl adjacent to an activating group) is 4. The molecule has 3 N–H and O–H groups in total. The molecular weight excluding hydrogens is 1810 g/mol. The first-order valence-electron chi connectivity index (χ1n) is 41.6. The number of amides is 4. The molecule has 13 aromatic rings. The van der Waals surface area contributed by atoms with E-state index in [1.54, 1.807) is 116 Å². The van der Waals surface area contributed by atoms with Crippen LogP contribution in [0.1, 0.15) is 88.5 Å². The topological polar surface area (TPSA) is 308 Å². The quantitative estimate of drug-likeness (QED) is 0.0342. The molecule has 2 atom stereocenters. The van der Waals surface area contributed by atoms with Gasteiger partial charge in [-0.2, -0.15) is 9.59 Å². The fourth-order valence-corrected chi connectivity index (χ4v) is 12.6. The molecule has 14 rings (SSSR count). The van der Waals surface area contributed by atoms with Gasteiger partial charge in [-0.05, 0) is 163 Å². The molecule has 0 unspecified atom stereocenters. The van der Waals surface area contributed by atoms with Crippen LogP contribution >= 0.6 is 46.6 Å². The summed E-state index contributed by atoms with van der Waals surface area (Å²) in [6, 6.07) is 81.2. The predicted molar refractivity (Wildman–Crippen MR) is 531 cm³/mol. The van der Waals surface area contributed by atoms with Crippen LogP contribution in [0.15, 0.2) is 305 Å². The van der Waals surface area contributed by atoms with Crippen molar-refractivity contribution in [3.05, 3.63) is 365 Å². The van der Waals surface area contributed by atoms with E-state index in [0.717, 1.165) is 108 Å². The van der Waals surface area contributed by atoms with Gasteiger partial charge in [0, 0.05) is 124 Å². The first-order valence-corrected chi connectivity index (χ1v) is 43.0. The normalized spacial score (nSPS) is 11.8. The number of hydrogen-bond acceptors (Lipinski definition) is 18. The average Bonchev–Trinajstić information content (AvgIpc) is 1.71. The number of carbonyl (C=O) groups is 5. The van der Waals surface area contributed by atoms with Gasteiger partial charge >= 0.3 is 6.15 Å². The highest BCUT2D eigenvalue weighted by Gasteiger charge is 2.18. The lowest BCUT2D eigenvalue weighted by atomic mass is 9.89. The van der Waals surface area contributed by atoms with Crippen LogP contribution in [0.25, 0.3) is 57.2 Å². The van der Waals surface area contributed by atoms with Crippen LogP contribution in [0.3, 0.4) is 0 Å². The Morgan fingerprint density at radius 3 is 1.07 bits per heavy atom. The van der Waals surface area contributed by atoms with Crippen LogP contribution in [0, 0.1) is 30.4 Å². The van der Waals surface area contributed by atoms with Gasteiger partial charge < -0.3 is 35.1 Å². The Balaban J connectivity index is 0.000000318. The number of benzene rings is 9. The highest BCUT2D eigenvalue weighted by atomic mass is 127. The first-order chi connectivity index (χ1) is 62.4. The Morgan fingerprint density at radius 2 is 0.779 bits per heavy atom. The maximum Gasteiger partial charge on any atom is 0.373 e. The number of aliphatic hydroxyl groups is 1. The van der Waals surface area contributed by atoms with E-state index in [1.165, 1.54) is 53.3 Å². The van der Waals surface area contributed by atoms with Crippen molar-refractivity contribution in [1.29, 1.82) is 0 Å².